The standard InChI is InChI=1S/C51H31N7/c1-3-15-33(16-4-1)47-54-48(34-17-5-2-6-18-34)56-49(55-47)37-20-13-19-35(30-37)36-27-28-43-40(31-36)46-38-21-8-7-14-32(38)26-29-45(46)57(43)51-53-41-23-10-9-22-39(41)50-52-42-24-11-12-25-44(42)58(50)51/h1-31H. The Balaban J connectivity index is 1.09. The van der Waals surface area contributed by atoms with E-state index in [1.54, 1.807) is 0 Å². The minimum absolute atomic E-state index is 0.622. The van der Waals surface area contributed by atoms with Gasteiger partial charge in [-0.05, 0) is 70.4 Å². The van der Waals surface area contributed by atoms with Crippen molar-refractivity contribution < 1.29 is 0 Å². The first-order valence-electron chi connectivity index (χ1n) is 19.4. The van der Waals surface area contributed by atoms with Crippen molar-refractivity contribution >= 4 is 60.2 Å². The van der Waals surface area contributed by atoms with E-state index in [1.807, 2.05) is 72.8 Å². The molecule has 58 heavy (non-hydrogen) atoms. The van der Waals surface area contributed by atoms with Crippen molar-refractivity contribution in [2.75, 3.05) is 0 Å². The zero-order valence-corrected chi connectivity index (χ0v) is 31.0. The number of fused-ring (bicyclic) bond motifs is 10. The van der Waals surface area contributed by atoms with Gasteiger partial charge in [0, 0.05) is 32.8 Å². The van der Waals surface area contributed by atoms with Crippen molar-refractivity contribution in [3.8, 4) is 51.2 Å². The van der Waals surface area contributed by atoms with Gasteiger partial charge in [0.05, 0.1) is 27.6 Å². The van der Waals surface area contributed by atoms with Crippen LogP contribution >= 0.6 is 0 Å². The number of nitrogens with zero attached hydrogens (tertiary/aromatic N) is 7. The van der Waals surface area contributed by atoms with E-state index in [9.17, 15) is 0 Å². The fourth-order valence-corrected chi connectivity index (χ4v) is 8.44. The molecule has 0 radical (unpaired) electrons. The van der Waals surface area contributed by atoms with E-state index in [1.165, 1.54) is 16.2 Å². The minimum Gasteiger partial charge on any atom is -0.279 e. The van der Waals surface area contributed by atoms with Crippen LogP contribution in [0.3, 0.4) is 0 Å². The maximum Gasteiger partial charge on any atom is 0.221 e. The van der Waals surface area contributed by atoms with Gasteiger partial charge in [-0.15, -0.1) is 0 Å². The van der Waals surface area contributed by atoms with Crippen molar-refractivity contribution in [3.05, 3.63) is 188 Å². The normalized spacial score (nSPS) is 11.8. The number of para-hydroxylation sites is 3. The van der Waals surface area contributed by atoms with Crippen LogP contribution in [-0.4, -0.2) is 33.9 Å². The van der Waals surface area contributed by atoms with Crippen molar-refractivity contribution in [1.82, 2.24) is 33.9 Å². The van der Waals surface area contributed by atoms with Crippen LogP contribution in [0.2, 0.25) is 0 Å². The Kier molecular flexibility index (Phi) is 7.09. The van der Waals surface area contributed by atoms with Crippen LogP contribution < -0.4 is 0 Å². The Hall–Kier alpha value is -8.03. The third-order valence-corrected chi connectivity index (χ3v) is 11.1. The van der Waals surface area contributed by atoms with Crippen LogP contribution in [-0.2, 0) is 0 Å². The largest absolute Gasteiger partial charge is 0.279 e. The Morgan fingerprint density at radius 2 is 0.914 bits per heavy atom. The molecule has 0 fully saturated rings. The lowest BCUT2D eigenvalue weighted by molar-refractivity contribution is 0.980. The highest BCUT2D eigenvalue weighted by atomic mass is 15.2. The maximum absolute atomic E-state index is 5.40. The summed E-state index contributed by atoms with van der Waals surface area (Å²) < 4.78 is 4.52. The predicted octanol–water partition coefficient (Wildman–Crippen LogP) is 12.1. The zero-order valence-electron chi connectivity index (χ0n) is 31.0. The number of hydrogen-bond acceptors (Lipinski definition) is 5. The highest BCUT2D eigenvalue weighted by molar-refractivity contribution is 6.22. The van der Waals surface area contributed by atoms with Gasteiger partial charge in [0.25, 0.3) is 0 Å². The summed E-state index contributed by atoms with van der Waals surface area (Å²) in [6.45, 7) is 0. The molecule has 4 heterocycles. The molecule has 0 bridgehead atoms. The van der Waals surface area contributed by atoms with Crippen molar-refractivity contribution in [1.29, 1.82) is 0 Å². The molecule has 0 N–H and O–H groups in total. The third kappa shape index (κ3) is 5.04. The van der Waals surface area contributed by atoms with Crippen molar-refractivity contribution in [2.45, 2.75) is 0 Å². The second kappa shape index (κ2) is 12.8. The van der Waals surface area contributed by atoms with Gasteiger partial charge in [-0.3, -0.25) is 8.97 Å². The topological polar surface area (TPSA) is 73.8 Å². The van der Waals surface area contributed by atoms with E-state index in [2.05, 4.69) is 124 Å². The number of aromatic nitrogens is 7. The van der Waals surface area contributed by atoms with Crippen LogP contribution in [0.4, 0.5) is 0 Å². The summed E-state index contributed by atoms with van der Waals surface area (Å²) in [5.41, 5.74) is 10.8. The molecule has 0 aliphatic rings. The fourth-order valence-electron chi connectivity index (χ4n) is 8.44. The average molecular weight is 742 g/mol. The quantitative estimate of drug-likeness (QED) is 0.176. The van der Waals surface area contributed by atoms with Crippen LogP contribution in [0, 0.1) is 0 Å². The molecule has 7 nitrogen and oxygen atoms in total. The number of imidazole rings is 1. The molecule has 0 saturated heterocycles. The fraction of sp³-hybridized carbons (Fsp3) is 0. The number of rotatable bonds is 5. The molecule has 7 heteroatoms. The van der Waals surface area contributed by atoms with E-state index in [4.69, 9.17) is 24.9 Å². The highest BCUT2D eigenvalue weighted by Crippen LogP contribution is 2.40. The number of benzene rings is 8. The average Bonchev–Trinajstić information content (AvgIpc) is 3.86. The molecule has 0 atom stereocenters. The molecule has 0 aliphatic carbocycles. The number of hydrogen-bond donors (Lipinski definition) is 0. The molecule has 8 aromatic carbocycles. The van der Waals surface area contributed by atoms with Crippen LogP contribution in [0.15, 0.2) is 188 Å². The second-order valence-corrected chi connectivity index (χ2v) is 14.6. The summed E-state index contributed by atoms with van der Waals surface area (Å²) in [5, 5.41) is 5.70. The lowest BCUT2D eigenvalue weighted by Crippen LogP contribution is -2.06. The zero-order chi connectivity index (χ0) is 38.2. The van der Waals surface area contributed by atoms with Crippen LogP contribution in [0.1, 0.15) is 0 Å². The molecule has 12 aromatic rings. The second-order valence-electron chi connectivity index (χ2n) is 14.6. The monoisotopic (exact) mass is 741 g/mol. The van der Waals surface area contributed by atoms with Gasteiger partial charge in [0.2, 0.25) is 5.95 Å². The molecule has 0 aliphatic heterocycles. The molecular formula is C51H31N7. The highest BCUT2D eigenvalue weighted by Gasteiger charge is 2.22. The van der Waals surface area contributed by atoms with Gasteiger partial charge in [-0.2, -0.15) is 0 Å². The smallest absolute Gasteiger partial charge is 0.221 e. The SMILES string of the molecule is c1ccc(-c2nc(-c3ccccc3)nc(-c3cccc(-c4ccc5c(c4)c4c6ccccc6ccc4n5-c4nc5ccccc5c5nc6ccccc6n45)c3)n2)cc1. The molecule has 270 valence electrons. The van der Waals surface area contributed by atoms with Gasteiger partial charge >= 0.3 is 0 Å². The van der Waals surface area contributed by atoms with E-state index < -0.39 is 0 Å². The Labute approximate surface area is 332 Å². The lowest BCUT2D eigenvalue weighted by Gasteiger charge is -2.13. The van der Waals surface area contributed by atoms with Gasteiger partial charge in [0.1, 0.15) is 5.65 Å². The first kappa shape index (κ1) is 32.2. The molecular weight excluding hydrogens is 711 g/mol. The van der Waals surface area contributed by atoms with E-state index in [-0.39, 0.29) is 0 Å². The molecule has 0 saturated carbocycles. The Morgan fingerprint density at radius 3 is 1.69 bits per heavy atom. The van der Waals surface area contributed by atoms with E-state index >= 15 is 0 Å². The molecule has 0 spiro atoms. The first-order chi connectivity index (χ1) is 28.7. The lowest BCUT2D eigenvalue weighted by atomic mass is 9.99. The Bertz CT molecular complexity index is 3510. The summed E-state index contributed by atoms with van der Waals surface area (Å²) in [5.74, 6) is 2.69. The van der Waals surface area contributed by atoms with Crippen LogP contribution in [0.25, 0.3) is 111 Å². The molecule has 0 unspecified atom stereocenters. The third-order valence-electron chi connectivity index (χ3n) is 11.1. The summed E-state index contributed by atoms with van der Waals surface area (Å²) >= 11 is 0. The maximum atomic E-state index is 5.40. The van der Waals surface area contributed by atoms with Crippen molar-refractivity contribution in [3.63, 3.8) is 0 Å². The van der Waals surface area contributed by atoms with E-state index in [0.717, 1.165) is 77.8 Å². The summed E-state index contributed by atoms with van der Waals surface area (Å²) in [4.78, 5) is 25.5. The van der Waals surface area contributed by atoms with Gasteiger partial charge in [0.15, 0.2) is 17.5 Å². The molecule has 0 amide bonds. The van der Waals surface area contributed by atoms with Gasteiger partial charge < -0.3 is 0 Å². The Morgan fingerprint density at radius 1 is 0.328 bits per heavy atom. The predicted molar refractivity (Wildman–Crippen MR) is 235 cm³/mol. The van der Waals surface area contributed by atoms with Gasteiger partial charge in [-0.1, -0.05) is 140 Å². The first-order valence-corrected chi connectivity index (χ1v) is 19.4. The molecule has 4 aromatic heterocycles. The van der Waals surface area contributed by atoms with Crippen molar-refractivity contribution in [2.24, 2.45) is 0 Å². The summed E-state index contributed by atoms with van der Waals surface area (Å²) in [6, 6.07) is 65.1. The van der Waals surface area contributed by atoms with Gasteiger partial charge in [-0.25, -0.2) is 24.9 Å². The van der Waals surface area contributed by atoms with E-state index in [0.29, 0.717) is 17.5 Å². The summed E-state index contributed by atoms with van der Waals surface area (Å²) in [6.07, 6.45) is 0. The van der Waals surface area contributed by atoms with Crippen LogP contribution in [0.5, 0.6) is 0 Å². The summed E-state index contributed by atoms with van der Waals surface area (Å²) in [7, 11) is 0. The molecule has 12 rings (SSSR count). The minimum atomic E-state index is 0.622.